The smallest absolute Gasteiger partial charge is 0.320 e. The Balaban J connectivity index is 1.84. The van der Waals surface area contributed by atoms with Gasteiger partial charge in [-0.25, -0.2) is 4.79 Å². The zero-order valence-electron chi connectivity index (χ0n) is 12.8. The third-order valence-corrected chi connectivity index (χ3v) is 4.47. The molecule has 2 amide bonds. The van der Waals surface area contributed by atoms with Crippen LogP contribution >= 0.6 is 12.2 Å². The van der Waals surface area contributed by atoms with E-state index in [0.29, 0.717) is 31.3 Å². The van der Waals surface area contributed by atoms with E-state index in [2.05, 4.69) is 11.8 Å². The molecule has 21 heavy (non-hydrogen) atoms. The summed E-state index contributed by atoms with van der Waals surface area (Å²) in [4.78, 5) is 19.1. The molecule has 2 N–H and O–H groups in total. The lowest BCUT2D eigenvalue weighted by Crippen LogP contribution is -2.57. The van der Waals surface area contributed by atoms with Crippen LogP contribution in [0, 0.1) is 0 Å². The fourth-order valence-electron chi connectivity index (χ4n) is 2.96. The zero-order chi connectivity index (χ0) is 15.2. The molecule has 0 aromatic rings. The Kier molecular flexibility index (Phi) is 6.20. The van der Waals surface area contributed by atoms with Crippen LogP contribution in [0.25, 0.3) is 0 Å². The highest BCUT2D eigenvalue weighted by molar-refractivity contribution is 7.80. The first-order valence-electron chi connectivity index (χ1n) is 7.78. The third kappa shape index (κ3) is 4.28. The molecular weight excluding hydrogens is 288 g/mol. The molecule has 0 aromatic heterocycles. The summed E-state index contributed by atoms with van der Waals surface area (Å²) in [7, 11) is 0. The molecule has 2 fully saturated rings. The van der Waals surface area contributed by atoms with Gasteiger partial charge in [-0.15, -0.1) is 0 Å². The molecule has 2 aliphatic heterocycles. The molecule has 2 heterocycles. The number of carbonyl (C=O) groups is 1. The van der Waals surface area contributed by atoms with Crippen molar-refractivity contribution in [2.24, 2.45) is 5.73 Å². The van der Waals surface area contributed by atoms with Crippen molar-refractivity contribution in [3.63, 3.8) is 0 Å². The number of rotatable bonds is 4. The van der Waals surface area contributed by atoms with Crippen LogP contribution in [0.3, 0.4) is 0 Å². The maximum atomic E-state index is 12.4. The highest BCUT2D eigenvalue weighted by atomic mass is 32.1. The van der Waals surface area contributed by atoms with Gasteiger partial charge in [0.05, 0.1) is 24.2 Å². The minimum atomic E-state index is 0.139. The summed E-state index contributed by atoms with van der Waals surface area (Å²) >= 11 is 5.18. The molecule has 2 aliphatic rings. The molecule has 7 heteroatoms. The summed E-state index contributed by atoms with van der Waals surface area (Å²) in [6.07, 6.45) is 2.06. The number of urea groups is 1. The normalized spacial score (nSPS) is 22.1. The van der Waals surface area contributed by atoms with Gasteiger partial charge in [-0.1, -0.05) is 25.6 Å². The van der Waals surface area contributed by atoms with Crippen molar-refractivity contribution < 1.29 is 9.53 Å². The van der Waals surface area contributed by atoms with Gasteiger partial charge in [-0.05, 0) is 6.42 Å². The maximum absolute atomic E-state index is 12.4. The molecule has 0 saturated carbocycles. The van der Waals surface area contributed by atoms with Gasteiger partial charge >= 0.3 is 6.03 Å². The number of morpholine rings is 1. The summed E-state index contributed by atoms with van der Waals surface area (Å²) in [6, 6.07) is 0.311. The molecule has 120 valence electrons. The largest absolute Gasteiger partial charge is 0.392 e. The zero-order valence-corrected chi connectivity index (χ0v) is 13.6. The van der Waals surface area contributed by atoms with E-state index in [1.54, 1.807) is 0 Å². The van der Waals surface area contributed by atoms with Gasteiger partial charge in [0.25, 0.3) is 0 Å². The number of carbonyl (C=O) groups excluding carboxylic acids is 1. The van der Waals surface area contributed by atoms with E-state index < -0.39 is 0 Å². The molecule has 0 spiro atoms. The first-order chi connectivity index (χ1) is 10.1. The van der Waals surface area contributed by atoms with Crippen LogP contribution in [0.2, 0.25) is 0 Å². The Labute approximate surface area is 132 Å². The Bertz CT molecular complexity index is 366. The number of nitrogens with zero attached hydrogens (tertiary/aromatic N) is 3. The van der Waals surface area contributed by atoms with Crippen molar-refractivity contribution in [2.75, 3.05) is 52.5 Å². The molecule has 0 radical (unpaired) electrons. The fourth-order valence-corrected chi connectivity index (χ4v) is 3.22. The minimum Gasteiger partial charge on any atom is -0.392 e. The van der Waals surface area contributed by atoms with Crippen LogP contribution in [0.4, 0.5) is 4.79 Å². The summed E-state index contributed by atoms with van der Waals surface area (Å²) in [5, 5.41) is 0. The van der Waals surface area contributed by atoms with Gasteiger partial charge in [0, 0.05) is 39.3 Å². The molecule has 1 unspecified atom stereocenters. The van der Waals surface area contributed by atoms with E-state index >= 15 is 0 Å². The molecule has 2 saturated heterocycles. The van der Waals surface area contributed by atoms with Crippen LogP contribution in [-0.4, -0.2) is 84.2 Å². The molecule has 2 rings (SSSR count). The predicted octanol–water partition coefficient (Wildman–Crippen LogP) is 0.511. The molecule has 0 aromatic carbocycles. The van der Waals surface area contributed by atoms with Gasteiger partial charge in [0.15, 0.2) is 0 Å². The predicted molar refractivity (Wildman–Crippen MR) is 86.4 cm³/mol. The lowest BCUT2D eigenvalue weighted by molar-refractivity contribution is 0.0364. The van der Waals surface area contributed by atoms with Crippen molar-refractivity contribution in [1.82, 2.24) is 14.7 Å². The fraction of sp³-hybridized carbons (Fsp3) is 0.857. The lowest BCUT2D eigenvalue weighted by Gasteiger charge is -2.41. The van der Waals surface area contributed by atoms with E-state index in [1.165, 1.54) is 0 Å². The highest BCUT2D eigenvalue weighted by Gasteiger charge is 2.29. The summed E-state index contributed by atoms with van der Waals surface area (Å²) in [5.74, 6) is 0. The molecule has 0 bridgehead atoms. The van der Waals surface area contributed by atoms with Crippen LogP contribution in [0.15, 0.2) is 0 Å². The first kappa shape index (κ1) is 16.5. The monoisotopic (exact) mass is 314 g/mol. The number of hydrogen-bond acceptors (Lipinski definition) is 4. The van der Waals surface area contributed by atoms with Crippen LogP contribution in [0.5, 0.6) is 0 Å². The van der Waals surface area contributed by atoms with Gasteiger partial charge in [0.1, 0.15) is 0 Å². The maximum Gasteiger partial charge on any atom is 0.320 e. The average molecular weight is 314 g/mol. The number of amides is 2. The van der Waals surface area contributed by atoms with E-state index in [-0.39, 0.29) is 12.1 Å². The Morgan fingerprint density at radius 3 is 2.24 bits per heavy atom. The second-order valence-corrected chi connectivity index (χ2v) is 6.08. The lowest BCUT2D eigenvalue weighted by atomic mass is 10.1. The second-order valence-electron chi connectivity index (χ2n) is 5.61. The first-order valence-corrected chi connectivity index (χ1v) is 8.19. The van der Waals surface area contributed by atoms with Crippen LogP contribution < -0.4 is 5.73 Å². The standard InChI is InChI=1S/C14H26N4O2S/c1-2-3-12(13(15)21)16-4-6-17(7-5-16)14(19)18-8-10-20-11-9-18/h12H,2-11H2,1H3,(H2,15,21). The number of thiocarbonyl (C=S) groups is 1. The summed E-state index contributed by atoms with van der Waals surface area (Å²) in [6.45, 7) is 8.02. The van der Waals surface area contributed by atoms with Crippen molar-refractivity contribution in [3.8, 4) is 0 Å². The average Bonchev–Trinajstić information content (AvgIpc) is 2.53. The van der Waals surface area contributed by atoms with Gasteiger partial charge in [-0.2, -0.15) is 0 Å². The van der Waals surface area contributed by atoms with Crippen LogP contribution in [-0.2, 0) is 4.74 Å². The van der Waals surface area contributed by atoms with E-state index in [1.807, 2.05) is 9.80 Å². The Hall–Kier alpha value is -0.920. The van der Waals surface area contributed by atoms with E-state index in [9.17, 15) is 4.79 Å². The SMILES string of the molecule is CCCC(C(N)=S)N1CCN(C(=O)N2CCOCC2)CC1. The van der Waals surface area contributed by atoms with Crippen molar-refractivity contribution in [2.45, 2.75) is 25.8 Å². The number of hydrogen-bond donors (Lipinski definition) is 1. The van der Waals surface area contributed by atoms with Gasteiger partial charge in [0.2, 0.25) is 0 Å². The van der Waals surface area contributed by atoms with Crippen molar-refractivity contribution in [3.05, 3.63) is 0 Å². The summed E-state index contributed by atoms with van der Waals surface area (Å²) < 4.78 is 5.29. The van der Waals surface area contributed by atoms with Gasteiger partial charge < -0.3 is 20.3 Å². The number of ether oxygens (including phenoxy) is 1. The van der Waals surface area contributed by atoms with E-state index in [4.69, 9.17) is 22.7 Å². The Morgan fingerprint density at radius 2 is 1.71 bits per heavy atom. The molecular formula is C14H26N4O2S. The quantitative estimate of drug-likeness (QED) is 0.766. The van der Waals surface area contributed by atoms with Crippen LogP contribution in [0.1, 0.15) is 19.8 Å². The minimum absolute atomic E-state index is 0.139. The molecule has 6 nitrogen and oxygen atoms in total. The molecule has 1 atom stereocenters. The van der Waals surface area contributed by atoms with E-state index in [0.717, 1.165) is 39.0 Å². The highest BCUT2D eigenvalue weighted by Crippen LogP contribution is 2.13. The summed E-state index contributed by atoms with van der Waals surface area (Å²) in [5.41, 5.74) is 5.85. The number of nitrogens with two attached hydrogens (primary N) is 1. The third-order valence-electron chi connectivity index (χ3n) is 4.20. The number of piperazine rings is 1. The van der Waals surface area contributed by atoms with Crippen molar-refractivity contribution >= 4 is 23.2 Å². The molecule has 0 aliphatic carbocycles. The van der Waals surface area contributed by atoms with Gasteiger partial charge in [-0.3, -0.25) is 4.90 Å². The van der Waals surface area contributed by atoms with Crippen molar-refractivity contribution in [1.29, 1.82) is 0 Å². The Morgan fingerprint density at radius 1 is 1.14 bits per heavy atom. The topological polar surface area (TPSA) is 62.0 Å². The second kappa shape index (κ2) is 7.91.